The van der Waals surface area contributed by atoms with Crippen LogP contribution >= 0.6 is 11.3 Å². The molecule has 2 nitrogen and oxygen atoms in total. The van der Waals surface area contributed by atoms with Crippen LogP contribution in [-0.2, 0) is 6.42 Å². The Hall–Kier alpha value is -0.410. The van der Waals surface area contributed by atoms with Gasteiger partial charge < -0.3 is 5.11 Å². The number of aryl methyl sites for hydroxylation is 1. The van der Waals surface area contributed by atoms with E-state index >= 15 is 0 Å². The summed E-state index contributed by atoms with van der Waals surface area (Å²) in [5, 5.41) is 12.0. The van der Waals surface area contributed by atoms with Crippen molar-refractivity contribution in [3.8, 4) is 0 Å². The van der Waals surface area contributed by atoms with Crippen LogP contribution in [0.15, 0.2) is 6.20 Å². The third kappa shape index (κ3) is 3.53. The van der Waals surface area contributed by atoms with E-state index in [4.69, 9.17) is 0 Å². The molecule has 0 aliphatic heterocycles. The van der Waals surface area contributed by atoms with Crippen LogP contribution < -0.4 is 0 Å². The molecule has 1 N–H and O–H groups in total. The summed E-state index contributed by atoms with van der Waals surface area (Å²) in [5.41, 5.74) is 0.166. The molecule has 4 saturated carbocycles. The lowest BCUT2D eigenvalue weighted by Gasteiger charge is -2.57. The Labute approximate surface area is 181 Å². The zero-order valence-corrected chi connectivity index (χ0v) is 19.8. The van der Waals surface area contributed by atoms with Crippen LogP contribution in [0.4, 0.5) is 0 Å². The predicted octanol–water partition coefficient (Wildman–Crippen LogP) is 6.65. The second-order valence-electron chi connectivity index (χ2n) is 11.9. The number of aliphatic hydroxyl groups is 1. The highest BCUT2D eigenvalue weighted by Gasteiger charge is 2.58. The number of aromatic nitrogens is 1. The highest BCUT2D eigenvalue weighted by atomic mass is 32.1. The Morgan fingerprint density at radius 3 is 2.62 bits per heavy atom. The molecule has 0 spiro atoms. The molecule has 3 heteroatoms. The maximum absolute atomic E-state index is 10.6. The van der Waals surface area contributed by atoms with E-state index in [9.17, 15) is 5.11 Å². The highest BCUT2D eigenvalue weighted by Crippen LogP contribution is 2.65. The van der Waals surface area contributed by atoms with Crippen molar-refractivity contribution in [2.24, 2.45) is 46.8 Å². The molecule has 1 aromatic heterocycles. The molecule has 0 bridgehead atoms. The van der Waals surface area contributed by atoms with Gasteiger partial charge in [-0.1, -0.05) is 13.8 Å². The first-order valence-corrected chi connectivity index (χ1v) is 13.2. The first-order valence-electron chi connectivity index (χ1n) is 12.4. The quantitative estimate of drug-likeness (QED) is 0.599. The third-order valence-electron chi connectivity index (χ3n) is 10.2. The van der Waals surface area contributed by atoms with Gasteiger partial charge in [-0.25, -0.2) is 4.98 Å². The van der Waals surface area contributed by atoms with Gasteiger partial charge in [-0.2, -0.15) is 0 Å². The number of fused-ring (bicyclic) bond motifs is 5. The molecule has 0 saturated heterocycles. The van der Waals surface area contributed by atoms with Crippen molar-refractivity contribution in [2.45, 2.75) is 97.5 Å². The van der Waals surface area contributed by atoms with Gasteiger partial charge in [0.2, 0.25) is 0 Å². The molecule has 0 unspecified atom stereocenters. The van der Waals surface area contributed by atoms with E-state index in [1.54, 1.807) is 0 Å². The van der Waals surface area contributed by atoms with Crippen molar-refractivity contribution in [3.63, 3.8) is 0 Å². The second kappa shape index (κ2) is 7.33. The molecule has 1 heterocycles. The maximum atomic E-state index is 10.6. The fourth-order valence-electron chi connectivity index (χ4n) is 8.97. The van der Waals surface area contributed by atoms with E-state index in [1.165, 1.54) is 61.3 Å². The van der Waals surface area contributed by atoms with Crippen LogP contribution in [0.1, 0.15) is 88.4 Å². The third-order valence-corrected chi connectivity index (χ3v) is 11.1. The zero-order chi connectivity index (χ0) is 20.4. The Morgan fingerprint density at radius 2 is 1.86 bits per heavy atom. The van der Waals surface area contributed by atoms with Gasteiger partial charge in [-0.05, 0) is 118 Å². The molecule has 0 amide bonds. The zero-order valence-electron chi connectivity index (χ0n) is 19.0. The standard InChI is InChI=1S/C26H41NOS/c1-16(13-24-27-15-17(2)29-24)22-7-8-23-21-6-5-18-14-25(3,28)11-9-19(18)20(21)10-12-26(22,23)4/h15-16,18-23,28H,5-14H2,1-4H3/t16-,18-,19+,20-,21-,22-,23+,25-,26-/m1/s1. The lowest BCUT2D eigenvalue weighted by atomic mass is 9.48. The lowest BCUT2D eigenvalue weighted by Crippen LogP contribution is -2.50. The minimum absolute atomic E-state index is 0.390. The van der Waals surface area contributed by atoms with E-state index in [0.717, 1.165) is 54.3 Å². The number of hydrogen-bond acceptors (Lipinski definition) is 3. The van der Waals surface area contributed by atoms with Gasteiger partial charge in [0.05, 0.1) is 10.6 Å². The molecule has 5 rings (SSSR count). The van der Waals surface area contributed by atoms with Gasteiger partial charge in [0.25, 0.3) is 0 Å². The van der Waals surface area contributed by atoms with Crippen LogP contribution in [0.25, 0.3) is 0 Å². The predicted molar refractivity (Wildman–Crippen MR) is 121 cm³/mol. The Morgan fingerprint density at radius 1 is 1.07 bits per heavy atom. The fourth-order valence-corrected chi connectivity index (χ4v) is 9.90. The van der Waals surface area contributed by atoms with Crippen LogP contribution in [-0.4, -0.2) is 15.7 Å². The largest absolute Gasteiger partial charge is 0.390 e. The molecular formula is C26H41NOS. The molecule has 4 aliphatic carbocycles. The van der Waals surface area contributed by atoms with Gasteiger partial charge in [-0.3, -0.25) is 0 Å². The van der Waals surface area contributed by atoms with E-state index in [-0.39, 0.29) is 5.60 Å². The summed E-state index contributed by atoms with van der Waals surface area (Å²) < 4.78 is 0. The second-order valence-corrected chi connectivity index (χ2v) is 13.3. The van der Waals surface area contributed by atoms with Gasteiger partial charge in [-0.15, -0.1) is 11.3 Å². The van der Waals surface area contributed by atoms with Crippen molar-refractivity contribution in [1.29, 1.82) is 0 Å². The molecule has 0 radical (unpaired) electrons. The summed E-state index contributed by atoms with van der Waals surface area (Å²) >= 11 is 1.90. The highest BCUT2D eigenvalue weighted by molar-refractivity contribution is 7.11. The summed E-state index contributed by atoms with van der Waals surface area (Å²) in [7, 11) is 0. The molecule has 29 heavy (non-hydrogen) atoms. The normalized spacial score (nSPS) is 47.9. The van der Waals surface area contributed by atoms with Gasteiger partial charge in [0.1, 0.15) is 0 Å². The van der Waals surface area contributed by atoms with E-state index in [1.807, 2.05) is 11.3 Å². The van der Waals surface area contributed by atoms with Crippen molar-refractivity contribution in [3.05, 3.63) is 16.1 Å². The number of nitrogens with zero attached hydrogens (tertiary/aromatic N) is 1. The summed E-state index contributed by atoms with van der Waals surface area (Å²) in [6.45, 7) is 9.45. The van der Waals surface area contributed by atoms with Gasteiger partial charge in [0, 0.05) is 17.5 Å². The topological polar surface area (TPSA) is 33.1 Å². The van der Waals surface area contributed by atoms with Crippen molar-refractivity contribution in [1.82, 2.24) is 4.98 Å². The fraction of sp³-hybridized carbons (Fsp3) is 0.885. The summed E-state index contributed by atoms with van der Waals surface area (Å²) in [4.78, 5) is 6.03. The monoisotopic (exact) mass is 415 g/mol. The minimum atomic E-state index is -0.390. The molecule has 0 aromatic carbocycles. The molecule has 4 aliphatic rings. The Balaban J connectivity index is 1.31. The molecule has 4 fully saturated rings. The smallest absolute Gasteiger partial charge is 0.0930 e. The first-order chi connectivity index (χ1) is 13.8. The SMILES string of the molecule is Cc1cnc(C[C@@H](C)[C@H]2CC[C@H]3[C@@H]4CC[C@@H]5C[C@](C)(O)CC[C@@H]5[C@H]4CC[C@]23C)s1. The maximum Gasteiger partial charge on any atom is 0.0930 e. The number of rotatable bonds is 3. The van der Waals surface area contributed by atoms with Crippen molar-refractivity contribution in [2.75, 3.05) is 0 Å². The first kappa shape index (κ1) is 20.5. The van der Waals surface area contributed by atoms with Crippen LogP contribution in [0.5, 0.6) is 0 Å². The van der Waals surface area contributed by atoms with Crippen LogP contribution in [0.2, 0.25) is 0 Å². The molecule has 162 valence electrons. The molecule has 1 aromatic rings. The van der Waals surface area contributed by atoms with E-state index < -0.39 is 0 Å². The number of hydrogen-bond donors (Lipinski definition) is 1. The summed E-state index contributed by atoms with van der Waals surface area (Å²) in [6.07, 6.45) is 15.3. The minimum Gasteiger partial charge on any atom is -0.390 e. The molecule has 9 atom stereocenters. The summed E-state index contributed by atoms with van der Waals surface area (Å²) in [5.74, 6) is 6.23. The van der Waals surface area contributed by atoms with Gasteiger partial charge in [0.15, 0.2) is 0 Å². The summed E-state index contributed by atoms with van der Waals surface area (Å²) in [6, 6.07) is 0. The van der Waals surface area contributed by atoms with Gasteiger partial charge >= 0.3 is 0 Å². The average Bonchev–Trinajstić information content (AvgIpc) is 3.22. The Bertz CT molecular complexity index is 741. The van der Waals surface area contributed by atoms with Crippen molar-refractivity contribution < 1.29 is 5.11 Å². The van der Waals surface area contributed by atoms with E-state index in [0.29, 0.717) is 5.41 Å². The molecular weight excluding hydrogens is 374 g/mol. The number of thiazole rings is 1. The van der Waals surface area contributed by atoms with E-state index in [2.05, 4.69) is 38.9 Å². The van der Waals surface area contributed by atoms with Crippen LogP contribution in [0, 0.1) is 53.8 Å². The van der Waals surface area contributed by atoms with Crippen LogP contribution in [0.3, 0.4) is 0 Å². The lowest BCUT2D eigenvalue weighted by molar-refractivity contribution is -0.102. The van der Waals surface area contributed by atoms with Crippen molar-refractivity contribution >= 4 is 11.3 Å². The average molecular weight is 416 g/mol. The Kier molecular flexibility index (Phi) is 5.18.